The molecule has 0 radical (unpaired) electrons. The summed E-state index contributed by atoms with van der Waals surface area (Å²) < 4.78 is 0. The van der Waals surface area contributed by atoms with E-state index in [1.54, 1.807) is 23.6 Å². The molecule has 0 saturated carbocycles. The number of thiophene rings is 1. The van der Waals surface area contributed by atoms with Gasteiger partial charge in [-0.15, -0.1) is 11.3 Å². The van der Waals surface area contributed by atoms with E-state index < -0.39 is 5.97 Å². The van der Waals surface area contributed by atoms with Crippen LogP contribution in [0.25, 0.3) is 0 Å². The largest absolute Gasteiger partial charge is 0.478 e. The maximum atomic E-state index is 11.9. The SMILES string of the molecule is Cc1cccc(C(=O)Nc2cscc2C(=O)O)c1. The average Bonchev–Trinajstić information content (AvgIpc) is 2.77. The minimum absolute atomic E-state index is 0.112. The summed E-state index contributed by atoms with van der Waals surface area (Å²) in [6.07, 6.45) is 0. The van der Waals surface area contributed by atoms with Gasteiger partial charge in [0.05, 0.1) is 11.3 Å². The second kappa shape index (κ2) is 5.01. The van der Waals surface area contributed by atoms with Crippen molar-refractivity contribution < 1.29 is 14.7 Å². The highest BCUT2D eigenvalue weighted by atomic mass is 32.1. The molecule has 0 atom stereocenters. The van der Waals surface area contributed by atoms with Gasteiger partial charge < -0.3 is 10.4 Å². The molecule has 1 heterocycles. The number of aromatic carboxylic acids is 1. The second-order valence-electron chi connectivity index (χ2n) is 3.83. The van der Waals surface area contributed by atoms with Crippen molar-refractivity contribution in [1.29, 1.82) is 0 Å². The first kappa shape index (κ1) is 12.3. The van der Waals surface area contributed by atoms with Crippen molar-refractivity contribution in [2.45, 2.75) is 6.92 Å². The first-order chi connectivity index (χ1) is 8.58. The highest BCUT2D eigenvalue weighted by molar-refractivity contribution is 7.08. The van der Waals surface area contributed by atoms with Crippen molar-refractivity contribution in [2.75, 3.05) is 5.32 Å². The maximum Gasteiger partial charge on any atom is 0.338 e. The van der Waals surface area contributed by atoms with Gasteiger partial charge in [-0.1, -0.05) is 17.7 Å². The lowest BCUT2D eigenvalue weighted by Crippen LogP contribution is -2.13. The molecule has 18 heavy (non-hydrogen) atoms. The fourth-order valence-corrected chi connectivity index (χ4v) is 2.29. The number of carbonyl (C=O) groups excluding carboxylic acids is 1. The summed E-state index contributed by atoms with van der Waals surface area (Å²) in [5.41, 5.74) is 1.93. The third-order valence-electron chi connectivity index (χ3n) is 2.42. The molecule has 2 aromatic rings. The molecule has 0 spiro atoms. The summed E-state index contributed by atoms with van der Waals surface area (Å²) in [5.74, 6) is -1.35. The Morgan fingerprint density at radius 3 is 2.72 bits per heavy atom. The first-order valence-electron chi connectivity index (χ1n) is 5.25. The van der Waals surface area contributed by atoms with E-state index in [4.69, 9.17) is 5.11 Å². The Hall–Kier alpha value is -2.14. The molecule has 0 aliphatic heterocycles. The van der Waals surface area contributed by atoms with Crippen LogP contribution in [0.15, 0.2) is 35.0 Å². The lowest BCUT2D eigenvalue weighted by atomic mass is 10.1. The summed E-state index contributed by atoms with van der Waals surface area (Å²) in [6.45, 7) is 1.89. The van der Waals surface area contributed by atoms with Crippen LogP contribution < -0.4 is 5.32 Å². The normalized spacial score (nSPS) is 10.1. The number of carboxylic acids is 1. The highest BCUT2D eigenvalue weighted by Gasteiger charge is 2.14. The van der Waals surface area contributed by atoms with Crippen LogP contribution in [0.2, 0.25) is 0 Å². The van der Waals surface area contributed by atoms with Crippen LogP contribution in [0.3, 0.4) is 0 Å². The zero-order chi connectivity index (χ0) is 13.1. The van der Waals surface area contributed by atoms with Crippen molar-refractivity contribution in [1.82, 2.24) is 0 Å². The summed E-state index contributed by atoms with van der Waals surface area (Å²) in [4.78, 5) is 22.9. The number of benzene rings is 1. The van der Waals surface area contributed by atoms with Gasteiger partial charge in [-0.05, 0) is 19.1 Å². The molecule has 92 valence electrons. The number of amides is 1. The maximum absolute atomic E-state index is 11.9. The predicted octanol–water partition coefficient (Wildman–Crippen LogP) is 3.01. The monoisotopic (exact) mass is 261 g/mol. The van der Waals surface area contributed by atoms with Crippen LogP contribution in [0.5, 0.6) is 0 Å². The molecule has 0 aliphatic carbocycles. The third kappa shape index (κ3) is 2.57. The van der Waals surface area contributed by atoms with Crippen LogP contribution in [0.1, 0.15) is 26.3 Å². The smallest absolute Gasteiger partial charge is 0.338 e. The van der Waals surface area contributed by atoms with Gasteiger partial charge in [0.15, 0.2) is 0 Å². The first-order valence-corrected chi connectivity index (χ1v) is 6.19. The van der Waals surface area contributed by atoms with E-state index in [0.717, 1.165) is 5.56 Å². The van der Waals surface area contributed by atoms with Gasteiger partial charge in [-0.2, -0.15) is 0 Å². The predicted molar refractivity (Wildman–Crippen MR) is 70.4 cm³/mol. The molecule has 0 aliphatic rings. The van der Waals surface area contributed by atoms with Gasteiger partial charge in [-0.3, -0.25) is 4.79 Å². The molecular formula is C13H11NO3S. The minimum Gasteiger partial charge on any atom is -0.478 e. The number of hydrogen-bond donors (Lipinski definition) is 2. The second-order valence-corrected chi connectivity index (χ2v) is 4.57. The fourth-order valence-electron chi connectivity index (χ4n) is 1.54. The number of hydrogen-bond acceptors (Lipinski definition) is 3. The summed E-state index contributed by atoms with van der Waals surface area (Å²) >= 11 is 1.24. The lowest BCUT2D eigenvalue weighted by Gasteiger charge is -2.05. The Kier molecular flexibility index (Phi) is 3.43. The summed E-state index contributed by atoms with van der Waals surface area (Å²) in [7, 11) is 0. The van der Waals surface area contributed by atoms with Gasteiger partial charge in [0.25, 0.3) is 5.91 Å². The van der Waals surface area contributed by atoms with Gasteiger partial charge in [0.1, 0.15) is 0 Å². The van der Waals surface area contributed by atoms with E-state index >= 15 is 0 Å². The Bertz CT molecular complexity index is 604. The molecular weight excluding hydrogens is 250 g/mol. The van der Waals surface area contributed by atoms with E-state index in [1.165, 1.54) is 16.7 Å². The number of carboxylic acid groups (broad SMARTS) is 1. The zero-order valence-corrected chi connectivity index (χ0v) is 10.5. The fraction of sp³-hybridized carbons (Fsp3) is 0.0769. The van der Waals surface area contributed by atoms with Gasteiger partial charge in [-0.25, -0.2) is 4.79 Å². The van der Waals surface area contributed by atoms with Crippen molar-refractivity contribution in [2.24, 2.45) is 0 Å². The molecule has 4 nitrogen and oxygen atoms in total. The Morgan fingerprint density at radius 1 is 1.28 bits per heavy atom. The van der Waals surface area contributed by atoms with Crippen LogP contribution in [0, 0.1) is 6.92 Å². The highest BCUT2D eigenvalue weighted by Crippen LogP contribution is 2.21. The van der Waals surface area contributed by atoms with E-state index in [9.17, 15) is 9.59 Å². The molecule has 2 rings (SSSR count). The van der Waals surface area contributed by atoms with Crippen LogP contribution >= 0.6 is 11.3 Å². The van der Waals surface area contributed by atoms with Crippen molar-refractivity contribution in [3.8, 4) is 0 Å². The van der Waals surface area contributed by atoms with E-state index in [2.05, 4.69) is 5.32 Å². The molecule has 2 N–H and O–H groups in total. The number of nitrogens with one attached hydrogen (secondary N) is 1. The number of carbonyl (C=O) groups is 2. The Morgan fingerprint density at radius 2 is 2.06 bits per heavy atom. The Balaban J connectivity index is 2.21. The molecule has 0 fully saturated rings. The molecule has 0 bridgehead atoms. The summed E-state index contributed by atoms with van der Waals surface area (Å²) in [6, 6.07) is 7.12. The van der Waals surface area contributed by atoms with Gasteiger partial charge >= 0.3 is 5.97 Å². The quantitative estimate of drug-likeness (QED) is 0.892. The number of rotatable bonds is 3. The van der Waals surface area contributed by atoms with Crippen molar-refractivity contribution in [3.63, 3.8) is 0 Å². The topological polar surface area (TPSA) is 66.4 Å². The minimum atomic E-state index is -1.05. The number of anilines is 1. The molecule has 0 unspecified atom stereocenters. The van der Waals surface area contributed by atoms with Crippen molar-refractivity contribution in [3.05, 3.63) is 51.7 Å². The van der Waals surface area contributed by atoms with Gasteiger partial charge in [0, 0.05) is 16.3 Å². The van der Waals surface area contributed by atoms with Gasteiger partial charge in [0.2, 0.25) is 0 Å². The molecule has 0 saturated heterocycles. The molecule has 1 aromatic carbocycles. The molecule has 5 heteroatoms. The standard InChI is InChI=1S/C13H11NO3S/c1-8-3-2-4-9(5-8)12(15)14-11-7-18-6-10(11)13(16)17/h2-7H,1H3,(H,14,15)(H,16,17). The van der Waals surface area contributed by atoms with Crippen molar-refractivity contribution >= 4 is 28.9 Å². The van der Waals surface area contributed by atoms with Crippen LogP contribution in [-0.2, 0) is 0 Å². The lowest BCUT2D eigenvalue weighted by molar-refractivity contribution is 0.0698. The average molecular weight is 261 g/mol. The number of aryl methyl sites for hydroxylation is 1. The molecule has 1 amide bonds. The molecule has 1 aromatic heterocycles. The summed E-state index contributed by atoms with van der Waals surface area (Å²) in [5, 5.41) is 14.6. The third-order valence-corrected chi connectivity index (χ3v) is 3.16. The van der Waals surface area contributed by atoms with Crippen LogP contribution in [-0.4, -0.2) is 17.0 Å². The zero-order valence-electron chi connectivity index (χ0n) is 9.64. The van der Waals surface area contributed by atoms with E-state index in [0.29, 0.717) is 11.3 Å². The Labute approximate surface area is 108 Å². The van der Waals surface area contributed by atoms with E-state index in [1.807, 2.05) is 13.0 Å². The van der Waals surface area contributed by atoms with E-state index in [-0.39, 0.29) is 11.5 Å². The van der Waals surface area contributed by atoms with Crippen LogP contribution in [0.4, 0.5) is 5.69 Å².